The van der Waals surface area contributed by atoms with Crippen molar-refractivity contribution in [3.8, 4) is 16.8 Å². The van der Waals surface area contributed by atoms with Crippen LogP contribution >= 0.6 is 11.3 Å². The third kappa shape index (κ3) is 3.77. The van der Waals surface area contributed by atoms with E-state index in [-0.39, 0.29) is 0 Å². The second kappa shape index (κ2) is 9.00. The summed E-state index contributed by atoms with van der Waals surface area (Å²) in [5, 5.41) is 7.63. The third-order valence-corrected chi connectivity index (χ3v) is 8.98. The molecule has 0 atom stereocenters. The van der Waals surface area contributed by atoms with Gasteiger partial charge in [0.25, 0.3) is 0 Å². The molecule has 0 unspecified atom stereocenters. The second-order valence-corrected chi connectivity index (χ2v) is 11.3. The average molecular weight is 519 g/mol. The van der Waals surface area contributed by atoms with Crippen LogP contribution in [0.2, 0.25) is 0 Å². The molecule has 0 saturated carbocycles. The number of allylic oxidation sites excluding steroid dienone is 1. The molecule has 0 aliphatic heterocycles. The van der Waals surface area contributed by atoms with E-state index < -0.39 is 0 Å². The molecule has 2 nitrogen and oxygen atoms in total. The molecule has 0 saturated heterocycles. The smallest absolute Gasteiger partial charge is 0.0537 e. The van der Waals surface area contributed by atoms with Crippen molar-refractivity contribution in [2.75, 3.05) is 5.32 Å². The van der Waals surface area contributed by atoms with Gasteiger partial charge in [-0.1, -0.05) is 72.8 Å². The number of hydrogen-bond donors (Lipinski definition) is 1. The van der Waals surface area contributed by atoms with E-state index in [1.165, 1.54) is 59.1 Å². The SMILES string of the molecule is C1=Cc2c(c3ccccc3n2-c2cccc(-c3ccc(Nc4ccc5c(c4)sc4ccccc45)cc3)c2)CC1. The molecule has 39 heavy (non-hydrogen) atoms. The van der Waals surface area contributed by atoms with Crippen LogP contribution in [0.5, 0.6) is 0 Å². The van der Waals surface area contributed by atoms with Crippen LogP contribution in [-0.4, -0.2) is 4.57 Å². The summed E-state index contributed by atoms with van der Waals surface area (Å²) in [6.45, 7) is 0. The summed E-state index contributed by atoms with van der Waals surface area (Å²) in [6.07, 6.45) is 6.80. The van der Waals surface area contributed by atoms with Crippen LogP contribution in [0.4, 0.5) is 11.4 Å². The van der Waals surface area contributed by atoms with Crippen molar-refractivity contribution in [1.29, 1.82) is 0 Å². The second-order valence-electron chi connectivity index (χ2n) is 10.2. The first kappa shape index (κ1) is 22.4. The van der Waals surface area contributed by atoms with Gasteiger partial charge in [0.2, 0.25) is 0 Å². The zero-order valence-electron chi connectivity index (χ0n) is 21.4. The van der Waals surface area contributed by atoms with Gasteiger partial charge in [0.15, 0.2) is 0 Å². The fourth-order valence-electron chi connectivity index (χ4n) is 6.01. The first-order valence-corrected chi connectivity index (χ1v) is 14.3. The molecule has 5 aromatic carbocycles. The van der Waals surface area contributed by atoms with Crippen LogP contribution in [-0.2, 0) is 6.42 Å². The molecule has 1 aliphatic carbocycles. The highest BCUT2D eigenvalue weighted by atomic mass is 32.1. The zero-order chi connectivity index (χ0) is 25.8. The van der Waals surface area contributed by atoms with Crippen LogP contribution in [0.3, 0.4) is 0 Å². The monoisotopic (exact) mass is 518 g/mol. The number of aryl methyl sites for hydroxylation is 1. The van der Waals surface area contributed by atoms with E-state index in [2.05, 4.69) is 137 Å². The fraction of sp³-hybridized carbons (Fsp3) is 0.0556. The normalized spacial score (nSPS) is 12.8. The number of para-hydroxylation sites is 1. The van der Waals surface area contributed by atoms with Crippen molar-refractivity contribution in [2.45, 2.75) is 12.8 Å². The maximum atomic E-state index is 3.60. The largest absolute Gasteiger partial charge is 0.355 e. The maximum absolute atomic E-state index is 3.60. The van der Waals surface area contributed by atoms with E-state index in [0.29, 0.717) is 0 Å². The molecule has 0 spiro atoms. The standard InChI is InChI=1S/C36H26N2S/c1-4-13-33-29(10-1)30-11-2-5-14-34(30)38(33)28-9-7-8-25(22-28)24-16-18-26(19-17-24)37-27-20-21-32-31-12-3-6-15-35(31)39-36(32)23-27/h1,3-10,12-23,37H,2,11H2. The van der Waals surface area contributed by atoms with Crippen molar-refractivity contribution >= 4 is 59.9 Å². The summed E-state index contributed by atoms with van der Waals surface area (Å²) in [5.74, 6) is 0. The summed E-state index contributed by atoms with van der Waals surface area (Å²) in [5.41, 5.74) is 9.89. The molecule has 0 amide bonds. The third-order valence-electron chi connectivity index (χ3n) is 7.85. The quantitative estimate of drug-likeness (QED) is 0.245. The van der Waals surface area contributed by atoms with Crippen LogP contribution in [0.15, 0.2) is 121 Å². The van der Waals surface area contributed by atoms with E-state index in [0.717, 1.165) is 24.2 Å². The van der Waals surface area contributed by atoms with E-state index in [1.807, 2.05) is 11.3 Å². The van der Waals surface area contributed by atoms with Gasteiger partial charge in [-0.25, -0.2) is 0 Å². The Morgan fingerprint density at radius 2 is 1.41 bits per heavy atom. The lowest BCUT2D eigenvalue weighted by Crippen LogP contribution is -2.00. The van der Waals surface area contributed by atoms with E-state index >= 15 is 0 Å². The predicted molar refractivity (Wildman–Crippen MR) is 169 cm³/mol. The average Bonchev–Trinajstić information content (AvgIpc) is 3.53. The number of nitrogens with one attached hydrogen (secondary N) is 1. The Kier molecular flexibility index (Phi) is 5.17. The molecular formula is C36H26N2S. The van der Waals surface area contributed by atoms with Gasteiger partial charge in [-0.15, -0.1) is 11.3 Å². The molecule has 8 rings (SSSR count). The number of hydrogen-bond acceptors (Lipinski definition) is 2. The number of rotatable bonds is 4. The number of benzene rings is 5. The minimum absolute atomic E-state index is 1.09. The van der Waals surface area contributed by atoms with Crippen molar-refractivity contribution < 1.29 is 0 Å². The molecule has 2 aromatic heterocycles. The van der Waals surface area contributed by atoms with Gasteiger partial charge in [0.05, 0.1) is 5.52 Å². The Morgan fingerprint density at radius 3 is 2.33 bits per heavy atom. The number of aromatic nitrogens is 1. The molecular weight excluding hydrogens is 492 g/mol. The first-order valence-electron chi connectivity index (χ1n) is 13.5. The maximum Gasteiger partial charge on any atom is 0.0537 e. The molecule has 3 heteroatoms. The van der Waals surface area contributed by atoms with Crippen molar-refractivity contribution in [3.05, 3.63) is 133 Å². The molecule has 7 aromatic rings. The number of anilines is 2. The summed E-state index contributed by atoms with van der Waals surface area (Å²) in [7, 11) is 0. The highest BCUT2D eigenvalue weighted by Crippen LogP contribution is 2.37. The molecule has 1 N–H and O–H groups in total. The van der Waals surface area contributed by atoms with Gasteiger partial charge in [-0.2, -0.15) is 0 Å². The molecule has 0 radical (unpaired) electrons. The first-order chi connectivity index (χ1) is 19.3. The minimum Gasteiger partial charge on any atom is -0.355 e. The highest BCUT2D eigenvalue weighted by molar-refractivity contribution is 7.25. The van der Waals surface area contributed by atoms with E-state index in [9.17, 15) is 0 Å². The van der Waals surface area contributed by atoms with Crippen molar-refractivity contribution in [1.82, 2.24) is 4.57 Å². The van der Waals surface area contributed by atoms with Crippen LogP contribution < -0.4 is 5.32 Å². The Bertz CT molecular complexity index is 2040. The molecule has 0 bridgehead atoms. The summed E-state index contributed by atoms with van der Waals surface area (Å²) < 4.78 is 5.06. The van der Waals surface area contributed by atoms with Crippen molar-refractivity contribution in [3.63, 3.8) is 0 Å². The molecule has 2 heterocycles. The summed E-state index contributed by atoms with van der Waals surface area (Å²) in [6, 6.07) is 41.8. The summed E-state index contributed by atoms with van der Waals surface area (Å²) in [4.78, 5) is 0. The lowest BCUT2D eigenvalue weighted by atomic mass is 10.0. The van der Waals surface area contributed by atoms with Crippen molar-refractivity contribution in [2.24, 2.45) is 0 Å². The van der Waals surface area contributed by atoms with Crippen LogP contribution in [0, 0.1) is 0 Å². The minimum atomic E-state index is 1.09. The lowest BCUT2D eigenvalue weighted by molar-refractivity contribution is 0.968. The summed E-state index contributed by atoms with van der Waals surface area (Å²) >= 11 is 1.85. The Morgan fingerprint density at radius 1 is 0.615 bits per heavy atom. The van der Waals surface area contributed by atoms with Gasteiger partial charge in [0, 0.05) is 48.3 Å². The van der Waals surface area contributed by atoms with E-state index in [1.54, 1.807) is 0 Å². The topological polar surface area (TPSA) is 17.0 Å². The highest BCUT2D eigenvalue weighted by Gasteiger charge is 2.18. The Hall–Kier alpha value is -4.60. The molecule has 0 fully saturated rings. The number of fused-ring (bicyclic) bond motifs is 6. The number of thiophene rings is 1. The van der Waals surface area contributed by atoms with E-state index in [4.69, 9.17) is 0 Å². The predicted octanol–water partition coefficient (Wildman–Crippen LogP) is 10.4. The molecule has 186 valence electrons. The van der Waals surface area contributed by atoms with Gasteiger partial charge in [0.1, 0.15) is 0 Å². The van der Waals surface area contributed by atoms with Gasteiger partial charge >= 0.3 is 0 Å². The van der Waals surface area contributed by atoms with Crippen LogP contribution in [0.1, 0.15) is 17.7 Å². The van der Waals surface area contributed by atoms with Gasteiger partial charge in [-0.3, -0.25) is 0 Å². The Balaban J connectivity index is 1.11. The fourth-order valence-corrected chi connectivity index (χ4v) is 7.15. The Labute approximate surface area is 231 Å². The zero-order valence-corrected chi connectivity index (χ0v) is 22.2. The van der Waals surface area contributed by atoms with Gasteiger partial charge in [-0.05, 0) is 84.1 Å². The lowest BCUT2D eigenvalue weighted by Gasteiger charge is -2.14. The van der Waals surface area contributed by atoms with Crippen LogP contribution in [0.25, 0.3) is 54.0 Å². The number of nitrogens with zero attached hydrogens (tertiary/aromatic N) is 1. The van der Waals surface area contributed by atoms with Gasteiger partial charge < -0.3 is 9.88 Å². The molecule has 1 aliphatic rings.